The van der Waals surface area contributed by atoms with Crippen LogP contribution in [0, 0.1) is 18.6 Å². The molecule has 2 heterocycles. The van der Waals surface area contributed by atoms with Crippen molar-refractivity contribution in [1.29, 1.82) is 0 Å². The average molecular weight is 685 g/mol. The number of H-pyrrole nitrogens is 2. The summed E-state index contributed by atoms with van der Waals surface area (Å²) in [4.78, 5) is 8.23. The number of benzene rings is 3. The molecule has 2 aromatic heterocycles. The highest BCUT2D eigenvalue weighted by molar-refractivity contribution is 5.95. The van der Waals surface area contributed by atoms with Gasteiger partial charge in [-0.25, -0.2) is 13.8 Å². The van der Waals surface area contributed by atoms with Gasteiger partial charge in [0.05, 0.1) is 11.2 Å². The van der Waals surface area contributed by atoms with Crippen molar-refractivity contribution >= 4 is 27.7 Å². The number of allylic oxidation sites excluding steroid dienone is 6. The Morgan fingerprint density at radius 3 is 2.33 bits per heavy atom. The van der Waals surface area contributed by atoms with Gasteiger partial charge in [0.25, 0.3) is 0 Å². The van der Waals surface area contributed by atoms with Gasteiger partial charge in [0.1, 0.15) is 17.3 Å². The minimum Gasteiger partial charge on any atom is -0.356 e. The first-order chi connectivity index (χ1) is 24.7. The molecule has 262 valence electrons. The number of aromatic nitrogens is 4. The highest BCUT2D eigenvalue weighted by atomic mass is 19.1. The van der Waals surface area contributed by atoms with Crippen LogP contribution in [0.3, 0.4) is 0 Å². The minimum absolute atomic E-state index is 0.341. The van der Waals surface area contributed by atoms with Crippen LogP contribution in [0.1, 0.15) is 54.4 Å². The summed E-state index contributed by atoms with van der Waals surface area (Å²) in [6.45, 7) is 26.4. The zero-order valence-electron chi connectivity index (χ0n) is 30.1. The SMILES string of the molecule is C=C/C=C(/c1cc(F)cc(CNC)c1)c1nc(-c2n[nH]c3cc(F)c(C(/C=C(\C=C)NC(=C)c4ccccc4)=C/C)cc23)[nH]c1C.C=C=C.CC. The van der Waals surface area contributed by atoms with Gasteiger partial charge >= 0.3 is 0 Å². The van der Waals surface area contributed by atoms with Gasteiger partial charge in [-0.2, -0.15) is 5.10 Å². The molecule has 0 saturated carbocycles. The van der Waals surface area contributed by atoms with Gasteiger partial charge in [0.2, 0.25) is 0 Å². The van der Waals surface area contributed by atoms with E-state index in [1.165, 1.54) is 18.2 Å². The number of aromatic amines is 2. The lowest BCUT2D eigenvalue weighted by Gasteiger charge is -2.12. The third-order valence-corrected chi connectivity index (χ3v) is 7.52. The zero-order valence-corrected chi connectivity index (χ0v) is 30.1. The summed E-state index contributed by atoms with van der Waals surface area (Å²) in [5.74, 6) is -0.261. The molecule has 0 aliphatic carbocycles. The first kappa shape index (κ1) is 39.4. The Bertz CT molecular complexity index is 2120. The van der Waals surface area contributed by atoms with Crippen LogP contribution in [0.25, 0.3) is 39.3 Å². The molecule has 0 fully saturated rings. The highest BCUT2D eigenvalue weighted by Crippen LogP contribution is 2.33. The van der Waals surface area contributed by atoms with Crippen molar-refractivity contribution in [2.24, 2.45) is 0 Å². The fourth-order valence-corrected chi connectivity index (χ4v) is 5.33. The molecular weight excluding hydrogens is 639 g/mol. The Hall–Kier alpha value is -6.08. The van der Waals surface area contributed by atoms with E-state index in [9.17, 15) is 4.39 Å². The minimum atomic E-state index is -0.409. The summed E-state index contributed by atoms with van der Waals surface area (Å²) in [5.41, 5.74) is 10.2. The van der Waals surface area contributed by atoms with Crippen LogP contribution < -0.4 is 10.6 Å². The van der Waals surface area contributed by atoms with Crippen LogP contribution in [-0.2, 0) is 6.54 Å². The molecule has 0 amide bonds. The number of hydrogen-bond donors (Lipinski definition) is 4. The van der Waals surface area contributed by atoms with Crippen LogP contribution in [0.5, 0.6) is 0 Å². The van der Waals surface area contributed by atoms with Crippen LogP contribution in [0.4, 0.5) is 8.78 Å². The van der Waals surface area contributed by atoms with Crippen molar-refractivity contribution in [2.75, 3.05) is 7.05 Å². The molecule has 5 aromatic rings. The first-order valence-corrected chi connectivity index (χ1v) is 16.5. The van der Waals surface area contributed by atoms with E-state index in [1.54, 1.807) is 18.2 Å². The van der Waals surface area contributed by atoms with Gasteiger partial charge in [-0.15, -0.1) is 5.73 Å². The zero-order chi connectivity index (χ0) is 37.5. The van der Waals surface area contributed by atoms with Crippen molar-refractivity contribution in [3.8, 4) is 11.5 Å². The second-order valence-corrected chi connectivity index (χ2v) is 11.0. The van der Waals surface area contributed by atoms with Gasteiger partial charge in [-0.3, -0.25) is 5.10 Å². The number of hydrogen-bond acceptors (Lipinski definition) is 4. The van der Waals surface area contributed by atoms with Crippen molar-refractivity contribution in [1.82, 2.24) is 30.8 Å². The molecule has 0 unspecified atom stereocenters. The topological polar surface area (TPSA) is 81.4 Å². The lowest BCUT2D eigenvalue weighted by Crippen LogP contribution is -2.09. The maximum absolute atomic E-state index is 15.6. The first-order valence-electron chi connectivity index (χ1n) is 16.5. The number of nitrogens with one attached hydrogen (secondary N) is 4. The van der Waals surface area contributed by atoms with Crippen molar-refractivity contribution < 1.29 is 8.78 Å². The number of halogens is 2. The van der Waals surface area contributed by atoms with Crippen molar-refractivity contribution in [2.45, 2.75) is 34.2 Å². The van der Waals surface area contributed by atoms with E-state index in [1.807, 2.05) is 89.4 Å². The maximum atomic E-state index is 15.6. The number of aryl methyl sites for hydroxylation is 1. The standard InChI is InChI=1S/C38H36F2N6.C3H4.C2H6/c1-7-13-31(28-16-25(22-41-6)17-29(39)18-28)36-24(5)43-38(44-36)37-33-20-32(34(40)21-35(33)45-46-37)26(8-2)19-30(9-3)42-23(4)27-14-11-10-12-15-27;1-3-2;1-2/h7-21,41-42H,1,3-4,22H2,2,5-6H3,(H,43,44)(H,45,46);1-2H2;1-2H3/b26-8+,30-19+,31-13-;;. The summed E-state index contributed by atoms with van der Waals surface area (Å²) in [6.07, 6.45) is 8.79. The predicted octanol–water partition coefficient (Wildman–Crippen LogP) is 10.6. The Balaban J connectivity index is 0.00000133. The Morgan fingerprint density at radius 2 is 1.71 bits per heavy atom. The van der Waals surface area contributed by atoms with Crippen molar-refractivity contribution in [3.05, 3.63) is 181 Å². The molecule has 3 aromatic carbocycles. The van der Waals surface area contributed by atoms with Gasteiger partial charge < -0.3 is 15.6 Å². The fraction of sp³-hybridized carbons (Fsp3) is 0.140. The second kappa shape index (κ2) is 19.2. The molecule has 4 N–H and O–H groups in total. The lowest BCUT2D eigenvalue weighted by molar-refractivity contribution is 0.623. The average Bonchev–Trinajstić information content (AvgIpc) is 3.72. The summed E-state index contributed by atoms with van der Waals surface area (Å²) >= 11 is 0. The number of nitrogens with zero attached hydrogens (tertiary/aromatic N) is 2. The third kappa shape index (κ3) is 9.76. The van der Waals surface area contributed by atoms with Crippen LogP contribution in [-0.4, -0.2) is 27.2 Å². The van der Waals surface area contributed by atoms with E-state index in [0.29, 0.717) is 68.3 Å². The van der Waals surface area contributed by atoms with Crippen LogP contribution >= 0.6 is 0 Å². The molecule has 5 rings (SSSR count). The summed E-state index contributed by atoms with van der Waals surface area (Å²) in [5, 5.41) is 14.5. The quantitative estimate of drug-likeness (QED) is 0.0779. The molecule has 0 radical (unpaired) electrons. The molecule has 0 aliphatic rings. The number of rotatable bonds is 12. The molecule has 6 nitrogen and oxygen atoms in total. The van der Waals surface area contributed by atoms with Crippen LogP contribution in [0.15, 0.2) is 135 Å². The summed E-state index contributed by atoms with van der Waals surface area (Å²) in [6, 6.07) is 17.8. The van der Waals surface area contributed by atoms with Gasteiger partial charge in [-0.1, -0.05) is 95.3 Å². The molecular formula is C43H46F2N6. The largest absolute Gasteiger partial charge is 0.356 e. The number of fused-ring (bicyclic) bond motifs is 1. The van der Waals surface area contributed by atoms with Gasteiger partial charge in [-0.05, 0) is 79.6 Å². The van der Waals surface area contributed by atoms with E-state index >= 15 is 4.39 Å². The predicted molar refractivity (Wildman–Crippen MR) is 211 cm³/mol. The maximum Gasteiger partial charge on any atom is 0.159 e. The van der Waals surface area contributed by atoms with E-state index in [4.69, 9.17) is 4.98 Å². The fourth-order valence-electron chi connectivity index (χ4n) is 5.33. The smallest absolute Gasteiger partial charge is 0.159 e. The number of imidazole rings is 1. The highest BCUT2D eigenvalue weighted by Gasteiger charge is 2.20. The molecule has 0 spiro atoms. The van der Waals surface area contributed by atoms with E-state index in [0.717, 1.165) is 16.8 Å². The Labute approximate surface area is 300 Å². The van der Waals surface area contributed by atoms with E-state index < -0.39 is 5.82 Å². The van der Waals surface area contributed by atoms with Crippen LogP contribution in [0.2, 0.25) is 0 Å². The van der Waals surface area contributed by atoms with Gasteiger partial charge in [0.15, 0.2) is 5.82 Å². The monoisotopic (exact) mass is 684 g/mol. The molecule has 51 heavy (non-hydrogen) atoms. The Kier molecular flexibility index (Phi) is 14.8. The molecule has 0 saturated heterocycles. The molecule has 8 heteroatoms. The van der Waals surface area contributed by atoms with Gasteiger partial charge in [0, 0.05) is 46.2 Å². The van der Waals surface area contributed by atoms with Crippen molar-refractivity contribution in [3.63, 3.8) is 0 Å². The molecule has 0 bridgehead atoms. The summed E-state index contributed by atoms with van der Waals surface area (Å²) < 4.78 is 30.2. The summed E-state index contributed by atoms with van der Waals surface area (Å²) in [7, 11) is 1.81. The molecule has 0 atom stereocenters. The van der Waals surface area contributed by atoms with E-state index in [-0.39, 0.29) is 5.82 Å². The van der Waals surface area contributed by atoms with E-state index in [2.05, 4.69) is 64.4 Å². The normalized spacial score (nSPS) is 11.5. The lowest BCUT2D eigenvalue weighted by atomic mass is 9.98. The third-order valence-electron chi connectivity index (χ3n) is 7.52. The second-order valence-electron chi connectivity index (χ2n) is 11.0. The Morgan fingerprint density at radius 1 is 1.00 bits per heavy atom. The molecule has 0 aliphatic heterocycles.